The minimum absolute atomic E-state index is 0.0197. The zero-order chi connectivity index (χ0) is 64.4. The van der Waals surface area contributed by atoms with Gasteiger partial charge in [0.25, 0.3) is 0 Å². The Labute approximate surface area is 563 Å². The third-order valence-corrected chi connectivity index (χ3v) is 27.3. The number of allylic oxidation sites excluding steroid dienone is 2. The number of carbonyl (C=O) groups is 2. The number of aryl methyl sites for hydroxylation is 4. The van der Waals surface area contributed by atoms with Crippen LogP contribution in [0.2, 0.25) is 0 Å². The number of rotatable bonds is 2. The van der Waals surface area contributed by atoms with Gasteiger partial charge in [-0.3, -0.25) is 9.59 Å². The third kappa shape index (κ3) is 14.7. The third-order valence-electron chi connectivity index (χ3n) is 22.3. The summed E-state index contributed by atoms with van der Waals surface area (Å²) >= 11 is 0. The molecule has 1 aromatic heterocycles. The Morgan fingerprint density at radius 2 is 1.43 bits per heavy atom. The SMILES string of the molecule is NC(N)c1cc2c3cc1CSSCC1CC4(C=CC(=O)CCc5ccc(O)c(c5)OCCc5ccc(O)c(c5)C3CC(=O)c3cc[nH]c3CC#C2)CCC2CC3(O)CCCC5C2Cc2cc(ccc2C(CO)C5CSSCC1(O)C4)CCc1ccc(cc1)CCCC3O. The van der Waals surface area contributed by atoms with Crippen LogP contribution in [0.25, 0.3) is 0 Å². The van der Waals surface area contributed by atoms with Crippen molar-refractivity contribution < 1.29 is 45.0 Å². The number of H-pyrrole nitrogens is 1. The quantitative estimate of drug-likeness (QED) is 0.0446. The molecule has 8 aliphatic rings. The van der Waals surface area contributed by atoms with E-state index in [2.05, 4.69) is 71.4 Å². The molecule has 2 aliphatic heterocycles. The number of carbonyl (C=O) groups excluding carboxylic acids is 2. The number of phenolic OH excluding ortho intramolecular Hbond substituents is 2. The van der Waals surface area contributed by atoms with Crippen LogP contribution in [-0.4, -0.2) is 95.0 Å². The highest BCUT2D eigenvalue weighted by Gasteiger charge is 2.54. The molecule has 1 spiro atoms. The summed E-state index contributed by atoms with van der Waals surface area (Å²) in [5, 5.41) is 73.9. The summed E-state index contributed by atoms with van der Waals surface area (Å²) in [5.41, 5.74) is 23.2. The largest absolute Gasteiger partial charge is 0.508 e. The van der Waals surface area contributed by atoms with Crippen LogP contribution in [0, 0.1) is 46.8 Å². The van der Waals surface area contributed by atoms with Crippen LogP contribution >= 0.6 is 43.2 Å². The predicted molar refractivity (Wildman–Crippen MR) is 376 cm³/mol. The highest BCUT2D eigenvalue weighted by Crippen LogP contribution is 2.59. The van der Waals surface area contributed by atoms with Gasteiger partial charge in [0.15, 0.2) is 23.1 Å². The van der Waals surface area contributed by atoms with Gasteiger partial charge in [0.05, 0.1) is 43.1 Å². The van der Waals surface area contributed by atoms with E-state index in [9.17, 15) is 40.2 Å². The summed E-state index contributed by atoms with van der Waals surface area (Å²) in [5.74, 6) is 8.92. The molecule has 6 aliphatic carbocycles. The van der Waals surface area contributed by atoms with Crippen LogP contribution in [-0.2, 0) is 55.5 Å². The van der Waals surface area contributed by atoms with Crippen LogP contribution in [0.15, 0.2) is 115 Å². The first-order valence-corrected chi connectivity index (χ1v) is 38.8. The number of aromatic amines is 1. The van der Waals surface area contributed by atoms with Gasteiger partial charge in [-0.2, -0.15) is 0 Å². The molecule has 12 nitrogen and oxygen atoms in total. The molecule has 11 unspecified atom stereocenters. The van der Waals surface area contributed by atoms with Gasteiger partial charge in [0.2, 0.25) is 0 Å². The van der Waals surface area contributed by atoms with Crippen LogP contribution < -0.4 is 16.2 Å². The van der Waals surface area contributed by atoms with Crippen molar-refractivity contribution in [3.63, 3.8) is 0 Å². The van der Waals surface area contributed by atoms with Gasteiger partial charge in [-0.25, -0.2) is 0 Å². The number of aromatic hydroxyl groups is 2. The summed E-state index contributed by atoms with van der Waals surface area (Å²) in [7, 11) is 6.92. The Hall–Kier alpha value is -5.42. The number of ether oxygens (including phenoxy) is 1. The highest BCUT2D eigenvalue weighted by atomic mass is 33.1. The number of nitrogens with two attached hydrogens (primary N) is 2. The number of benzene rings is 5. The Morgan fingerprint density at radius 1 is 0.677 bits per heavy atom. The number of nitrogens with one attached hydrogen (secondary N) is 1. The van der Waals surface area contributed by atoms with Gasteiger partial charge in [0.1, 0.15) is 5.75 Å². The average molecular weight is 1330 g/mol. The fourth-order valence-electron chi connectivity index (χ4n) is 17.2. The monoisotopic (exact) mass is 1330 g/mol. The second kappa shape index (κ2) is 28.7. The van der Waals surface area contributed by atoms with Gasteiger partial charge in [-0.05, 0) is 217 Å². The molecule has 1 saturated heterocycles. The Morgan fingerprint density at radius 3 is 2.26 bits per heavy atom. The summed E-state index contributed by atoms with van der Waals surface area (Å²) in [4.78, 5) is 32.3. The van der Waals surface area contributed by atoms with Crippen LogP contribution in [0.5, 0.6) is 17.2 Å². The van der Waals surface area contributed by atoms with Gasteiger partial charge in [-0.15, -0.1) is 0 Å². The molecule has 3 heterocycles. The van der Waals surface area contributed by atoms with Crippen LogP contribution in [0.3, 0.4) is 0 Å². The molecule has 2 saturated carbocycles. The zero-order valence-electron chi connectivity index (χ0n) is 53.0. The second-order valence-corrected chi connectivity index (χ2v) is 33.2. The van der Waals surface area contributed by atoms with Crippen molar-refractivity contribution >= 4 is 54.7 Å². The van der Waals surface area contributed by atoms with E-state index >= 15 is 0 Å². The van der Waals surface area contributed by atoms with Gasteiger partial charge in [0, 0.05) is 82.7 Å². The molecule has 6 aromatic rings. The number of aliphatic hydroxyl groups excluding tert-OH is 2. The Balaban J connectivity index is 0.877. The summed E-state index contributed by atoms with van der Waals surface area (Å²) in [6, 6.07) is 32.4. The number of phenols is 2. The molecule has 18 bridgehead atoms. The van der Waals surface area contributed by atoms with Crippen LogP contribution in [0.1, 0.15) is 178 Å². The zero-order valence-corrected chi connectivity index (χ0v) is 56.3. The fourth-order valence-corrected chi connectivity index (χ4v) is 22.7. The molecule has 16 heteroatoms. The van der Waals surface area contributed by atoms with Crippen molar-refractivity contribution in [1.82, 2.24) is 4.98 Å². The molecule has 11 atom stereocenters. The molecule has 490 valence electrons. The highest BCUT2D eigenvalue weighted by molar-refractivity contribution is 8.77. The van der Waals surface area contributed by atoms with Gasteiger partial charge < -0.3 is 51.8 Å². The number of fused-ring (bicyclic) bond motifs is 16. The number of aromatic nitrogens is 1. The summed E-state index contributed by atoms with van der Waals surface area (Å²) < 4.78 is 6.30. The predicted octanol–water partition coefficient (Wildman–Crippen LogP) is 13.1. The molecule has 5 aromatic carbocycles. The van der Waals surface area contributed by atoms with Gasteiger partial charge in [-0.1, -0.05) is 134 Å². The minimum Gasteiger partial charge on any atom is -0.508 e. The van der Waals surface area contributed by atoms with E-state index in [1.54, 1.807) is 68.9 Å². The molecule has 0 amide bonds. The first-order valence-electron chi connectivity index (χ1n) is 33.8. The molecular weight excluding hydrogens is 1240 g/mol. The van der Waals surface area contributed by atoms with Crippen molar-refractivity contribution in [2.75, 3.05) is 30.5 Å². The molecule has 11 N–H and O–H groups in total. The van der Waals surface area contributed by atoms with Crippen LogP contribution in [0.4, 0.5) is 0 Å². The molecular formula is C77H89N3O9S4. The molecule has 14 rings (SSSR count). The Bertz CT molecular complexity index is 3800. The maximum absolute atomic E-state index is 14.5. The van der Waals surface area contributed by atoms with Crippen molar-refractivity contribution in [2.45, 2.75) is 163 Å². The van der Waals surface area contributed by atoms with E-state index in [4.69, 9.17) is 16.2 Å². The topological polar surface area (TPSA) is 233 Å². The summed E-state index contributed by atoms with van der Waals surface area (Å²) in [6.07, 6.45) is 15.1. The first-order chi connectivity index (χ1) is 45.0. The standard InChI is InChI=1S/C77H89N3O9S4/c78-74(79)63-35-52-5-2-7-68-60(25-30-80-68)71(85)38-64-61(52)37-55(63)42-90-91-43-56-40-75(29-24-57(82)19-15-50-18-22-70(84)72(34-50)89-31-26-51-17-21-69(83)65(64)33-51)28-23-53-39-76(87)27-3-6-59-62(53)36-54-32-49(14-13-48-11-9-47(10-12-48)4-1-8-73(76)86)16-20-58(54)66(41-81)67(59)44-92-93-46-77(56,88)45-75/h9-12,16-18,20-22,24-25,29-30,32-35,37,53,56,59,62,64,66-67,73-74,80-81,83-84,86-88H,1,3-4,6-8,13-15,19,23,26-28,31,36,38-46,78-79H2. The lowest BCUT2D eigenvalue weighted by molar-refractivity contribution is -0.115. The summed E-state index contributed by atoms with van der Waals surface area (Å²) in [6.45, 7) is 0.223. The van der Waals surface area contributed by atoms with E-state index in [0.29, 0.717) is 97.5 Å². The lowest BCUT2D eigenvalue weighted by Gasteiger charge is -2.46. The average Bonchev–Trinajstić information content (AvgIpc) is 1.72. The number of hydrogen-bond donors (Lipinski definition) is 9. The van der Waals surface area contributed by atoms with E-state index in [-0.39, 0.29) is 84.6 Å². The number of ketones is 2. The fraction of sp³-hybridized carbons (Fsp3) is 0.481. The first kappa shape index (κ1) is 66.2. The van der Waals surface area contributed by atoms with Crippen molar-refractivity contribution in [2.24, 2.45) is 46.5 Å². The van der Waals surface area contributed by atoms with Gasteiger partial charge >= 0.3 is 0 Å². The molecule has 93 heavy (non-hydrogen) atoms. The lowest BCUT2D eigenvalue weighted by Crippen LogP contribution is -2.48. The minimum atomic E-state index is -1.32. The maximum atomic E-state index is 14.5. The number of hydrogen-bond acceptors (Lipinski definition) is 15. The van der Waals surface area contributed by atoms with E-state index in [0.717, 1.165) is 90.6 Å². The van der Waals surface area contributed by atoms with E-state index in [1.807, 2.05) is 35.1 Å². The van der Waals surface area contributed by atoms with E-state index in [1.165, 1.54) is 27.8 Å². The number of aliphatic hydroxyl groups is 4. The molecule has 0 radical (unpaired) electrons. The van der Waals surface area contributed by atoms with Crippen molar-refractivity contribution in [3.8, 4) is 29.1 Å². The Kier molecular flexibility index (Phi) is 20.4. The lowest BCUT2D eigenvalue weighted by atomic mass is 9.62. The normalized spacial score (nSPS) is 29.7. The number of Topliss-reactive ketones (excluding diaryl/α,β-unsaturated/α-hetero) is 1. The molecule has 3 fully saturated rings. The second-order valence-electron chi connectivity index (χ2n) is 28.2. The van der Waals surface area contributed by atoms with Crippen molar-refractivity contribution in [1.29, 1.82) is 0 Å². The maximum Gasteiger partial charge on any atom is 0.165 e. The van der Waals surface area contributed by atoms with Crippen molar-refractivity contribution in [3.05, 3.63) is 193 Å². The van der Waals surface area contributed by atoms with E-state index < -0.39 is 34.8 Å². The smallest absolute Gasteiger partial charge is 0.165 e.